The molecule has 4 nitrogen and oxygen atoms in total. The lowest BCUT2D eigenvalue weighted by atomic mass is 9.85. The lowest BCUT2D eigenvalue weighted by molar-refractivity contribution is -0.140. The molecule has 2 fully saturated rings. The molecule has 4 atom stereocenters. The van der Waals surface area contributed by atoms with E-state index in [1.807, 2.05) is 14.1 Å². The van der Waals surface area contributed by atoms with Gasteiger partial charge in [0.15, 0.2) is 0 Å². The third kappa shape index (κ3) is 1.62. The topological polar surface area (TPSA) is 40.6 Å². The van der Waals surface area contributed by atoms with Crippen molar-refractivity contribution in [2.75, 3.05) is 27.2 Å². The van der Waals surface area contributed by atoms with Gasteiger partial charge in [-0.1, -0.05) is 12.2 Å². The van der Waals surface area contributed by atoms with Gasteiger partial charge in [0.25, 0.3) is 0 Å². The maximum Gasteiger partial charge on any atom is 0.233 e. The van der Waals surface area contributed by atoms with Crippen molar-refractivity contribution >= 4 is 11.8 Å². The Morgan fingerprint density at radius 3 is 2.22 bits per heavy atom. The molecular formula is C14H20N2O2. The van der Waals surface area contributed by atoms with Crippen molar-refractivity contribution in [1.82, 2.24) is 9.80 Å². The van der Waals surface area contributed by atoms with Crippen LogP contribution in [0.1, 0.15) is 12.8 Å². The summed E-state index contributed by atoms with van der Waals surface area (Å²) in [4.78, 5) is 28.2. The molecule has 4 heteroatoms. The quantitative estimate of drug-likeness (QED) is 0.544. The molecule has 0 radical (unpaired) electrons. The summed E-state index contributed by atoms with van der Waals surface area (Å²) in [6.07, 6.45) is 6.16. The average molecular weight is 248 g/mol. The summed E-state index contributed by atoms with van der Waals surface area (Å²) in [5, 5.41) is 0. The van der Waals surface area contributed by atoms with Gasteiger partial charge in [-0.25, -0.2) is 0 Å². The summed E-state index contributed by atoms with van der Waals surface area (Å²) in [6.45, 7) is 1.50. The maximum absolute atomic E-state index is 12.3. The Kier molecular flexibility index (Phi) is 2.77. The number of imide groups is 1. The van der Waals surface area contributed by atoms with Crippen LogP contribution in [0.15, 0.2) is 12.2 Å². The van der Waals surface area contributed by atoms with Gasteiger partial charge in [0.05, 0.1) is 11.8 Å². The van der Waals surface area contributed by atoms with Crippen molar-refractivity contribution in [3.8, 4) is 0 Å². The fourth-order valence-corrected chi connectivity index (χ4v) is 3.73. The summed E-state index contributed by atoms with van der Waals surface area (Å²) in [6, 6.07) is 0. The third-order valence-corrected chi connectivity index (χ3v) is 4.55. The molecule has 2 amide bonds. The molecule has 0 aromatic carbocycles. The first kappa shape index (κ1) is 11.9. The van der Waals surface area contributed by atoms with E-state index in [0.717, 1.165) is 19.4 Å². The highest BCUT2D eigenvalue weighted by Crippen LogP contribution is 2.52. The fraction of sp³-hybridized carbons (Fsp3) is 0.714. The van der Waals surface area contributed by atoms with E-state index in [0.29, 0.717) is 18.4 Å². The van der Waals surface area contributed by atoms with Crippen LogP contribution < -0.4 is 0 Å². The van der Waals surface area contributed by atoms with Gasteiger partial charge in [-0.2, -0.15) is 0 Å². The van der Waals surface area contributed by atoms with E-state index in [1.54, 1.807) is 0 Å². The molecule has 2 aliphatic carbocycles. The minimum atomic E-state index is -0.0353. The van der Waals surface area contributed by atoms with Crippen LogP contribution in [0.4, 0.5) is 0 Å². The molecule has 3 rings (SSSR count). The molecule has 1 saturated carbocycles. The zero-order chi connectivity index (χ0) is 12.9. The smallest absolute Gasteiger partial charge is 0.233 e. The van der Waals surface area contributed by atoms with Crippen molar-refractivity contribution < 1.29 is 9.59 Å². The zero-order valence-electron chi connectivity index (χ0n) is 11.0. The van der Waals surface area contributed by atoms with E-state index in [1.165, 1.54) is 4.90 Å². The molecular weight excluding hydrogens is 228 g/mol. The van der Waals surface area contributed by atoms with Gasteiger partial charge >= 0.3 is 0 Å². The molecule has 3 aliphatic rings. The second kappa shape index (κ2) is 4.19. The largest absolute Gasteiger partial charge is 0.309 e. The molecule has 1 saturated heterocycles. The van der Waals surface area contributed by atoms with E-state index >= 15 is 0 Å². The summed E-state index contributed by atoms with van der Waals surface area (Å²) in [7, 11) is 4.01. The lowest BCUT2D eigenvalue weighted by Gasteiger charge is -2.18. The molecule has 0 aromatic heterocycles. The Morgan fingerprint density at radius 2 is 1.72 bits per heavy atom. The van der Waals surface area contributed by atoms with Crippen molar-refractivity contribution in [3.05, 3.63) is 12.2 Å². The number of carbonyl (C=O) groups is 2. The van der Waals surface area contributed by atoms with Crippen LogP contribution in [0.3, 0.4) is 0 Å². The molecule has 0 N–H and O–H groups in total. The van der Waals surface area contributed by atoms with Crippen LogP contribution in [0.5, 0.6) is 0 Å². The predicted molar refractivity (Wildman–Crippen MR) is 67.6 cm³/mol. The Balaban J connectivity index is 1.68. The first-order chi connectivity index (χ1) is 8.59. The second-order valence-electron chi connectivity index (χ2n) is 5.98. The number of nitrogens with zero attached hydrogens (tertiary/aromatic N) is 2. The molecule has 0 spiro atoms. The third-order valence-electron chi connectivity index (χ3n) is 4.55. The molecule has 1 heterocycles. The van der Waals surface area contributed by atoms with Crippen LogP contribution in [0.25, 0.3) is 0 Å². The Bertz CT molecular complexity index is 386. The number of likely N-dealkylation sites (tertiary alicyclic amines) is 1. The molecule has 18 heavy (non-hydrogen) atoms. The van der Waals surface area contributed by atoms with Crippen molar-refractivity contribution in [2.45, 2.75) is 12.8 Å². The van der Waals surface area contributed by atoms with Crippen LogP contribution in [-0.2, 0) is 9.59 Å². The van der Waals surface area contributed by atoms with E-state index in [-0.39, 0.29) is 23.7 Å². The summed E-state index contributed by atoms with van der Waals surface area (Å²) >= 11 is 0. The van der Waals surface area contributed by atoms with Gasteiger partial charge in [0.2, 0.25) is 11.8 Å². The summed E-state index contributed by atoms with van der Waals surface area (Å²) < 4.78 is 0. The molecule has 1 aliphatic heterocycles. The highest BCUT2D eigenvalue weighted by atomic mass is 16.2. The van der Waals surface area contributed by atoms with Crippen LogP contribution in [-0.4, -0.2) is 48.8 Å². The summed E-state index contributed by atoms with van der Waals surface area (Å²) in [5.41, 5.74) is 0. The number of fused-ring (bicyclic) bond motifs is 5. The van der Waals surface area contributed by atoms with Gasteiger partial charge in [-0.05, 0) is 45.3 Å². The Morgan fingerprint density at radius 1 is 1.17 bits per heavy atom. The first-order valence-corrected chi connectivity index (χ1v) is 6.78. The highest BCUT2D eigenvalue weighted by molar-refractivity contribution is 6.06. The van der Waals surface area contributed by atoms with E-state index in [4.69, 9.17) is 0 Å². The van der Waals surface area contributed by atoms with Crippen molar-refractivity contribution in [3.63, 3.8) is 0 Å². The van der Waals surface area contributed by atoms with Crippen molar-refractivity contribution in [2.24, 2.45) is 23.7 Å². The van der Waals surface area contributed by atoms with Crippen LogP contribution in [0, 0.1) is 23.7 Å². The zero-order valence-corrected chi connectivity index (χ0v) is 11.0. The highest BCUT2D eigenvalue weighted by Gasteiger charge is 2.58. The normalized spacial score (nSPS) is 37.2. The minimum Gasteiger partial charge on any atom is -0.309 e. The second-order valence-corrected chi connectivity index (χ2v) is 5.98. The van der Waals surface area contributed by atoms with Gasteiger partial charge < -0.3 is 4.90 Å². The van der Waals surface area contributed by atoms with Crippen LogP contribution in [0.2, 0.25) is 0 Å². The monoisotopic (exact) mass is 248 g/mol. The Hall–Kier alpha value is -1.16. The van der Waals surface area contributed by atoms with Crippen LogP contribution >= 0.6 is 0 Å². The van der Waals surface area contributed by atoms with E-state index in [9.17, 15) is 9.59 Å². The predicted octanol–water partition coefficient (Wildman–Crippen LogP) is 0.745. The molecule has 98 valence electrons. The lowest BCUT2D eigenvalue weighted by Crippen LogP contribution is -2.35. The van der Waals surface area contributed by atoms with Gasteiger partial charge in [0, 0.05) is 6.54 Å². The van der Waals surface area contributed by atoms with Crippen molar-refractivity contribution in [1.29, 1.82) is 0 Å². The fourth-order valence-electron chi connectivity index (χ4n) is 3.73. The van der Waals surface area contributed by atoms with E-state index in [2.05, 4.69) is 17.1 Å². The number of allylic oxidation sites excluding steroid dienone is 2. The summed E-state index contributed by atoms with van der Waals surface area (Å²) in [5.74, 6) is 0.755. The van der Waals surface area contributed by atoms with Gasteiger partial charge in [-0.15, -0.1) is 0 Å². The molecule has 0 unspecified atom stereocenters. The number of hydrogen-bond acceptors (Lipinski definition) is 3. The Labute approximate surface area is 108 Å². The average Bonchev–Trinajstić information content (AvgIpc) is 2.97. The number of rotatable bonds is 4. The SMILES string of the molecule is CN(C)CCCN1C(=O)[C@@H]2[C@H](C1=O)[C@H]1C=C[C@H]2C1. The standard InChI is InChI=1S/C14H20N2O2/c1-15(2)6-3-7-16-13(17)11-9-4-5-10(8-9)12(11)14(16)18/h4-5,9-12H,3,6-8H2,1-2H3/t9-,10-,11-,12+/m0/s1. The number of amides is 2. The van der Waals surface area contributed by atoms with E-state index < -0.39 is 0 Å². The maximum atomic E-state index is 12.3. The number of hydrogen-bond donors (Lipinski definition) is 0. The van der Waals surface area contributed by atoms with Gasteiger partial charge in [-0.3, -0.25) is 14.5 Å². The first-order valence-electron chi connectivity index (χ1n) is 6.78. The molecule has 0 aromatic rings. The molecule has 2 bridgehead atoms. The number of carbonyl (C=O) groups excluding carboxylic acids is 2. The minimum absolute atomic E-state index is 0.0353. The van der Waals surface area contributed by atoms with Gasteiger partial charge in [0.1, 0.15) is 0 Å².